The Hall–Kier alpha value is -2.30. The van der Waals surface area contributed by atoms with Gasteiger partial charge in [0.15, 0.2) is 5.69 Å². The number of carbonyl (C=O) groups is 1. The molecule has 0 fully saturated rings. The van der Waals surface area contributed by atoms with Crippen LogP contribution in [-0.2, 0) is 10.3 Å². The molecular weight excluding hydrogens is 254 g/mol. The Labute approximate surface area is 118 Å². The molecule has 0 bridgehead atoms. The minimum atomic E-state index is -0.487. The van der Waals surface area contributed by atoms with E-state index in [0.29, 0.717) is 11.4 Å². The van der Waals surface area contributed by atoms with Crippen LogP contribution in [-0.4, -0.2) is 22.9 Å². The predicted molar refractivity (Wildman–Crippen MR) is 78.4 cm³/mol. The number of benzene rings is 1. The van der Waals surface area contributed by atoms with Gasteiger partial charge in [-0.2, -0.15) is 5.10 Å². The molecule has 0 atom stereocenters. The number of hydrogen-bond donors (Lipinski definition) is 1. The van der Waals surface area contributed by atoms with E-state index in [2.05, 4.69) is 5.10 Å². The molecule has 0 aliphatic carbocycles. The molecule has 0 aliphatic rings. The first kappa shape index (κ1) is 14.1. The van der Waals surface area contributed by atoms with Crippen LogP contribution < -0.4 is 5.73 Å². The quantitative estimate of drug-likeness (QED) is 0.854. The number of anilines is 1. The van der Waals surface area contributed by atoms with Crippen molar-refractivity contribution in [2.24, 2.45) is 0 Å². The first-order valence-electron chi connectivity index (χ1n) is 6.39. The monoisotopic (exact) mass is 273 g/mol. The lowest BCUT2D eigenvalue weighted by molar-refractivity contribution is 0.0593. The molecule has 106 valence electrons. The van der Waals surface area contributed by atoms with Crippen molar-refractivity contribution in [3.05, 3.63) is 36.0 Å². The first-order chi connectivity index (χ1) is 9.36. The summed E-state index contributed by atoms with van der Waals surface area (Å²) < 4.78 is 6.46. The standard InChI is InChI=1S/C15H19N3O2/c1-15(2,3)18-13(16)11(10-8-6-5-7-9-10)12(17-18)14(19)20-4/h5-9H,16H2,1-4H3. The normalized spacial score (nSPS) is 11.4. The van der Waals surface area contributed by atoms with Crippen LogP contribution in [0.2, 0.25) is 0 Å². The van der Waals surface area contributed by atoms with Crippen LogP contribution in [0, 0.1) is 0 Å². The summed E-state index contributed by atoms with van der Waals surface area (Å²) in [5.41, 5.74) is 7.60. The van der Waals surface area contributed by atoms with Crippen molar-refractivity contribution < 1.29 is 9.53 Å². The molecule has 0 amide bonds. The number of aromatic nitrogens is 2. The highest BCUT2D eigenvalue weighted by atomic mass is 16.5. The van der Waals surface area contributed by atoms with E-state index in [-0.39, 0.29) is 11.2 Å². The van der Waals surface area contributed by atoms with Gasteiger partial charge >= 0.3 is 5.97 Å². The van der Waals surface area contributed by atoms with Gasteiger partial charge in [-0.3, -0.25) is 0 Å². The molecule has 0 unspecified atom stereocenters. The fourth-order valence-corrected chi connectivity index (χ4v) is 2.07. The fraction of sp³-hybridized carbons (Fsp3) is 0.333. The van der Waals surface area contributed by atoms with Gasteiger partial charge in [-0.15, -0.1) is 0 Å². The molecule has 2 N–H and O–H groups in total. The number of nitrogen functional groups attached to an aromatic ring is 1. The van der Waals surface area contributed by atoms with Crippen LogP contribution in [0.25, 0.3) is 11.1 Å². The molecule has 2 aromatic rings. The molecular formula is C15H19N3O2. The van der Waals surface area contributed by atoms with Crippen LogP contribution in [0.15, 0.2) is 30.3 Å². The van der Waals surface area contributed by atoms with Gasteiger partial charge in [-0.1, -0.05) is 30.3 Å². The average molecular weight is 273 g/mol. The smallest absolute Gasteiger partial charge is 0.359 e. The number of hydrogen-bond acceptors (Lipinski definition) is 4. The molecule has 0 radical (unpaired) electrons. The minimum Gasteiger partial charge on any atom is -0.464 e. The van der Waals surface area contributed by atoms with Crippen molar-refractivity contribution in [2.45, 2.75) is 26.3 Å². The molecule has 0 spiro atoms. The zero-order valence-electron chi connectivity index (χ0n) is 12.2. The van der Waals surface area contributed by atoms with Gasteiger partial charge in [0.2, 0.25) is 0 Å². The fourth-order valence-electron chi connectivity index (χ4n) is 2.07. The van der Waals surface area contributed by atoms with Crippen molar-refractivity contribution >= 4 is 11.8 Å². The van der Waals surface area contributed by atoms with Gasteiger partial charge in [0.05, 0.1) is 18.2 Å². The number of rotatable bonds is 2. The molecule has 1 aromatic heterocycles. The SMILES string of the molecule is COC(=O)c1nn(C(C)(C)C)c(N)c1-c1ccccc1. The Kier molecular flexibility index (Phi) is 3.53. The summed E-state index contributed by atoms with van der Waals surface area (Å²) >= 11 is 0. The van der Waals surface area contributed by atoms with Crippen molar-refractivity contribution in [1.82, 2.24) is 9.78 Å². The Morgan fingerprint density at radius 2 is 1.85 bits per heavy atom. The van der Waals surface area contributed by atoms with Crippen LogP contribution in [0.4, 0.5) is 5.82 Å². The van der Waals surface area contributed by atoms with Crippen LogP contribution in [0.1, 0.15) is 31.3 Å². The first-order valence-corrected chi connectivity index (χ1v) is 6.39. The Bertz CT molecular complexity index is 625. The number of ether oxygens (including phenoxy) is 1. The molecule has 0 saturated carbocycles. The number of esters is 1. The lowest BCUT2D eigenvalue weighted by Gasteiger charge is -2.20. The van der Waals surface area contributed by atoms with Crippen LogP contribution >= 0.6 is 0 Å². The Morgan fingerprint density at radius 3 is 2.35 bits per heavy atom. The van der Waals surface area contributed by atoms with Crippen molar-refractivity contribution in [3.63, 3.8) is 0 Å². The zero-order chi connectivity index (χ0) is 14.9. The second-order valence-electron chi connectivity index (χ2n) is 5.55. The lowest BCUT2D eigenvalue weighted by Crippen LogP contribution is -2.25. The molecule has 1 heterocycles. The largest absolute Gasteiger partial charge is 0.464 e. The van der Waals surface area contributed by atoms with Gasteiger partial charge < -0.3 is 10.5 Å². The van der Waals surface area contributed by atoms with Crippen molar-refractivity contribution in [2.75, 3.05) is 12.8 Å². The highest BCUT2D eigenvalue weighted by Crippen LogP contribution is 2.33. The van der Waals surface area contributed by atoms with Gasteiger partial charge in [-0.25, -0.2) is 9.48 Å². The van der Waals surface area contributed by atoms with E-state index in [1.54, 1.807) is 4.68 Å². The second kappa shape index (κ2) is 5.00. The van der Waals surface area contributed by atoms with E-state index >= 15 is 0 Å². The Balaban J connectivity index is 2.71. The molecule has 0 aliphatic heterocycles. The third-order valence-corrected chi connectivity index (χ3v) is 3.00. The minimum absolute atomic E-state index is 0.242. The molecule has 1 aromatic carbocycles. The maximum atomic E-state index is 11.9. The molecule has 5 heteroatoms. The van der Waals surface area contributed by atoms with Gasteiger partial charge in [0.25, 0.3) is 0 Å². The predicted octanol–water partition coefficient (Wildman–Crippen LogP) is 2.67. The number of methoxy groups -OCH3 is 1. The highest BCUT2D eigenvalue weighted by Gasteiger charge is 2.27. The second-order valence-corrected chi connectivity index (χ2v) is 5.55. The molecule has 2 rings (SSSR count). The summed E-state index contributed by atoms with van der Waals surface area (Å²) in [4.78, 5) is 11.9. The Morgan fingerprint density at radius 1 is 1.25 bits per heavy atom. The summed E-state index contributed by atoms with van der Waals surface area (Å²) in [5.74, 6) is -0.0253. The number of nitrogens with zero attached hydrogens (tertiary/aromatic N) is 2. The summed E-state index contributed by atoms with van der Waals surface area (Å²) in [6.07, 6.45) is 0. The highest BCUT2D eigenvalue weighted by molar-refractivity contribution is 5.98. The van der Waals surface area contributed by atoms with Crippen molar-refractivity contribution in [1.29, 1.82) is 0 Å². The van der Waals surface area contributed by atoms with Crippen LogP contribution in [0.5, 0.6) is 0 Å². The maximum absolute atomic E-state index is 11.9. The zero-order valence-corrected chi connectivity index (χ0v) is 12.2. The summed E-state index contributed by atoms with van der Waals surface area (Å²) in [7, 11) is 1.34. The summed E-state index contributed by atoms with van der Waals surface area (Å²) in [6, 6.07) is 9.49. The van der Waals surface area contributed by atoms with E-state index in [9.17, 15) is 4.79 Å². The molecule has 0 saturated heterocycles. The number of carbonyl (C=O) groups excluding carboxylic acids is 1. The van der Waals surface area contributed by atoms with E-state index in [4.69, 9.17) is 10.5 Å². The van der Waals surface area contributed by atoms with Gasteiger partial charge in [-0.05, 0) is 26.3 Å². The molecule has 20 heavy (non-hydrogen) atoms. The van der Waals surface area contributed by atoms with Gasteiger partial charge in [0, 0.05) is 0 Å². The van der Waals surface area contributed by atoms with Crippen LogP contribution in [0.3, 0.4) is 0 Å². The van der Waals surface area contributed by atoms with E-state index in [1.807, 2.05) is 51.1 Å². The summed E-state index contributed by atoms with van der Waals surface area (Å²) in [5, 5.41) is 4.35. The van der Waals surface area contributed by atoms with Gasteiger partial charge in [0.1, 0.15) is 5.82 Å². The third kappa shape index (κ3) is 2.39. The number of nitrogens with two attached hydrogens (primary N) is 1. The lowest BCUT2D eigenvalue weighted by atomic mass is 10.0. The van der Waals surface area contributed by atoms with E-state index in [1.165, 1.54) is 7.11 Å². The van der Waals surface area contributed by atoms with E-state index < -0.39 is 5.97 Å². The van der Waals surface area contributed by atoms with Crippen molar-refractivity contribution in [3.8, 4) is 11.1 Å². The average Bonchev–Trinajstić information content (AvgIpc) is 2.76. The molecule has 5 nitrogen and oxygen atoms in total. The maximum Gasteiger partial charge on any atom is 0.359 e. The topological polar surface area (TPSA) is 70.1 Å². The van der Waals surface area contributed by atoms with E-state index in [0.717, 1.165) is 5.56 Å². The summed E-state index contributed by atoms with van der Waals surface area (Å²) in [6.45, 7) is 5.94. The third-order valence-electron chi connectivity index (χ3n) is 3.00.